The Morgan fingerprint density at radius 1 is 1.11 bits per heavy atom. The molecule has 18 heavy (non-hydrogen) atoms. The number of nitrogens with two attached hydrogens (primary N) is 1. The van der Waals surface area contributed by atoms with Crippen molar-refractivity contribution >= 4 is 29.0 Å². The van der Waals surface area contributed by atoms with E-state index < -0.39 is 0 Å². The fourth-order valence-electron chi connectivity index (χ4n) is 2.75. The highest BCUT2D eigenvalue weighted by molar-refractivity contribution is 5.92. The van der Waals surface area contributed by atoms with Gasteiger partial charge in [0.25, 0.3) is 0 Å². The van der Waals surface area contributed by atoms with E-state index in [-0.39, 0.29) is 12.4 Å². The Morgan fingerprint density at radius 2 is 1.89 bits per heavy atom. The fraction of sp³-hybridized carbons (Fsp3) is 0.400. The number of fused-ring (bicyclic) bond motifs is 2. The van der Waals surface area contributed by atoms with Crippen LogP contribution in [0.4, 0.5) is 5.69 Å². The summed E-state index contributed by atoms with van der Waals surface area (Å²) in [5.74, 6) is 0. The Balaban J connectivity index is 0.00000120. The van der Waals surface area contributed by atoms with Crippen molar-refractivity contribution in [1.82, 2.24) is 4.98 Å². The third-order valence-electron chi connectivity index (χ3n) is 3.71. The van der Waals surface area contributed by atoms with E-state index in [0.717, 1.165) is 29.4 Å². The first-order valence-corrected chi connectivity index (χ1v) is 6.43. The van der Waals surface area contributed by atoms with Gasteiger partial charge in [-0.25, -0.2) is 0 Å². The molecule has 3 rings (SSSR count). The predicted octanol–water partition coefficient (Wildman–Crippen LogP) is 3.82. The van der Waals surface area contributed by atoms with E-state index in [0.29, 0.717) is 0 Å². The molecule has 1 aromatic heterocycles. The van der Waals surface area contributed by atoms with E-state index in [1.807, 2.05) is 0 Å². The first-order valence-electron chi connectivity index (χ1n) is 6.43. The smallest absolute Gasteiger partial charge is 0.0728 e. The molecular formula is C15H19ClN2. The zero-order chi connectivity index (χ0) is 11.8. The molecule has 1 heterocycles. The Kier molecular flexibility index (Phi) is 3.76. The molecule has 0 saturated heterocycles. The SMILES string of the molecule is Cc1ccc2c(N)c3c(nc2c1)CCCCC3.Cl. The van der Waals surface area contributed by atoms with Crippen LogP contribution in [0, 0.1) is 6.92 Å². The van der Waals surface area contributed by atoms with E-state index >= 15 is 0 Å². The average Bonchev–Trinajstić information content (AvgIpc) is 2.54. The van der Waals surface area contributed by atoms with Crippen molar-refractivity contribution in [3.63, 3.8) is 0 Å². The highest BCUT2D eigenvalue weighted by Crippen LogP contribution is 2.30. The van der Waals surface area contributed by atoms with Crippen LogP contribution in [0.25, 0.3) is 10.9 Å². The standard InChI is InChI=1S/C15H18N2.ClH/c1-10-7-8-12-14(9-10)17-13-6-4-2-3-5-11(13)15(12)16;/h7-9H,2-6H2,1H3,(H2,16,17);1H. The van der Waals surface area contributed by atoms with Crippen molar-refractivity contribution in [2.75, 3.05) is 5.73 Å². The van der Waals surface area contributed by atoms with Crippen molar-refractivity contribution < 1.29 is 0 Å². The molecule has 0 amide bonds. The molecule has 1 aromatic carbocycles. The Labute approximate surface area is 114 Å². The van der Waals surface area contributed by atoms with E-state index in [4.69, 9.17) is 10.7 Å². The summed E-state index contributed by atoms with van der Waals surface area (Å²) in [6, 6.07) is 6.36. The number of benzene rings is 1. The van der Waals surface area contributed by atoms with Crippen molar-refractivity contribution in [1.29, 1.82) is 0 Å². The number of hydrogen-bond acceptors (Lipinski definition) is 2. The van der Waals surface area contributed by atoms with Gasteiger partial charge in [-0.05, 0) is 49.8 Å². The maximum absolute atomic E-state index is 6.32. The molecule has 0 saturated carbocycles. The monoisotopic (exact) mass is 262 g/mol. The number of hydrogen-bond donors (Lipinski definition) is 1. The quantitative estimate of drug-likeness (QED) is 0.733. The van der Waals surface area contributed by atoms with Crippen LogP contribution in [-0.2, 0) is 12.8 Å². The van der Waals surface area contributed by atoms with Gasteiger partial charge in [-0.1, -0.05) is 18.6 Å². The lowest BCUT2D eigenvalue weighted by molar-refractivity contribution is 0.709. The molecule has 0 spiro atoms. The lowest BCUT2D eigenvalue weighted by Gasteiger charge is -2.12. The summed E-state index contributed by atoms with van der Waals surface area (Å²) < 4.78 is 0. The molecule has 3 heteroatoms. The van der Waals surface area contributed by atoms with Gasteiger partial charge in [-0.15, -0.1) is 12.4 Å². The number of nitrogens with zero attached hydrogens (tertiary/aromatic N) is 1. The van der Waals surface area contributed by atoms with E-state index in [1.165, 1.54) is 36.1 Å². The van der Waals surface area contributed by atoms with Crippen LogP contribution >= 0.6 is 12.4 Å². The number of rotatable bonds is 0. The number of nitrogen functional groups attached to an aromatic ring is 1. The van der Waals surface area contributed by atoms with Gasteiger partial charge in [0.2, 0.25) is 0 Å². The minimum absolute atomic E-state index is 0. The summed E-state index contributed by atoms with van der Waals surface area (Å²) in [5, 5.41) is 1.12. The average molecular weight is 263 g/mol. The second kappa shape index (κ2) is 5.15. The Morgan fingerprint density at radius 3 is 2.72 bits per heavy atom. The summed E-state index contributed by atoms with van der Waals surface area (Å²) in [4.78, 5) is 4.82. The van der Waals surface area contributed by atoms with Crippen molar-refractivity contribution in [2.24, 2.45) is 0 Å². The number of pyridine rings is 1. The van der Waals surface area contributed by atoms with Gasteiger partial charge in [0.15, 0.2) is 0 Å². The molecule has 0 unspecified atom stereocenters. The van der Waals surface area contributed by atoms with Crippen LogP contribution < -0.4 is 5.73 Å². The van der Waals surface area contributed by atoms with Gasteiger partial charge < -0.3 is 5.73 Å². The molecule has 2 N–H and O–H groups in total. The third kappa shape index (κ3) is 2.17. The van der Waals surface area contributed by atoms with Gasteiger partial charge in [-0.2, -0.15) is 0 Å². The molecular weight excluding hydrogens is 244 g/mol. The molecule has 96 valence electrons. The lowest BCUT2D eigenvalue weighted by atomic mass is 10.0. The topological polar surface area (TPSA) is 38.9 Å². The Bertz CT molecular complexity index is 578. The molecule has 2 aromatic rings. The minimum atomic E-state index is 0. The summed E-state index contributed by atoms with van der Waals surface area (Å²) in [5.41, 5.74) is 12.1. The molecule has 0 radical (unpaired) electrons. The van der Waals surface area contributed by atoms with Gasteiger partial charge in [0.05, 0.1) is 5.52 Å². The van der Waals surface area contributed by atoms with Gasteiger partial charge in [0.1, 0.15) is 0 Å². The summed E-state index contributed by atoms with van der Waals surface area (Å²) in [7, 11) is 0. The van der Waals surface area contributed by atoms with Crippen molar-refractivity contribution in [2.45, 2.75) is 39.0 Å². The van der Waals surface area contributed by atoms with Crippen LogP contribution in [0.5, 0.6) is 0 Å². The fourth-order valence-corrected chi connectivity index (χ4v) is 2.75. The molecule has 0 fully saturated rings. The maximum atomic E-state index is 6.32. The van der Waals surface area contributed by atoms with E-state index in [2.05, 4.69) is 25.1 Å². The maximum Gasteiger partial charge on any atom is 0.0728 e. The highest BCUT2D eigenvalue weighted by Gasteiger charge is 2.15. The zero-order valence-electron chi connectivity index (χ0n) is 10.7. The Hall–Kier alpha value is -1.28. The first-order chi connectivity index (χ1) is 8.25. The van der Waals surface area contributed by atoms with Crippen LogP contribution in [0.2, 0.25) is 0 Å². The highest BCUT2D eigenvalue weighted by atomic mass is 35.5. The van der Waals surface area contributed by atoms with Crippen LogP contribution in [0.15, 0.2) is 18.2 Å². The zero-order valence-corrected chi connectivity index (χ0v) is 11.5. The number of aromatic nitrogens is 1. The van der Waals surface area contributed by atoms with E-state index in [1.54, 1.807) is 0 Å². The normalized spacial score (nSPS) is 14.7. The van der Waals surface area contributed by atoms with Crippen molar-refractivity contribution in [3.8, 4) is 0 Å². The molecule has 1 aliphatic rings. The molecule has 0 bridgehead atoms. The number of halogens is 1. The molecule has 0 aliphatic heterocycles. The van der Waals surface area contributed by atoms with Gasteiger partial charge in [-0.3, -0.25) is 4.98 Å². The molecule has 0 atom stereocenters. The van der Waals surface area contributed by atoms with Gasteiger partial charge in [0, 0.05) is 16.8 Å². The second-order valence-electron chi connectivity index (χ2n) is 5.03. The summed E-state index contributed by atoms with van der Waals surface area (Å²) in [6.07, 6.45) is 5.97. The largest absolute Gasteiger partial charge is 0.398 e. The van der Waals surface area contributed by atoms with Crippen LogP contribution in [-0.4, -0.2) is 4.98 Å². The minimum Gasteiger partial charge on any atom is -0.398 e. The van der Waals surface area contributed by atoms with E-state index in [9.17, 15) is 0 Å². The summed E-state index contributed by atoms with van der Waals surface area (Å²) in [6.45, 7) is 2.10. The van der Waals surface area contributed by atoms with Crippen molar-refractivity contribution in [3.05, 3.63) is 35.0 Å². The van der Waals surface area contributed by atoms with Crippen LogP contribution in [0.1, 0.15) is 36.1 Å². The number of aryl methyl sites for hydroxylation is 2. The lowest BCUT2D eigenvalue weighted by Crippen LogP contribution is -2.03. The predicted molar refractivity (Wildman–Crippen MR) is 79.4 cm³/mol. The summed E-state index contributed by atoms with van der Waals surface area (Å²) >= 11 is 0. The second-order valence-corrected chi connectivity index (χ2v) is 5.03. The third-order valence-corrected chi connectivity index (χ3v) is 3.71. The molecule has 1 aliphatic carbocycles. The van der Waals surface area contributed by atoms with Crippen LogP contribution in [0.3, 0.4) is 0 Å². The van der Waals surface area contributed by atoms with Gasteiger partial charge >= 0.3 is 0 Å². The first kappa shape index (κ1) is 13.2. The molecule has 2 nitrogen and oxygen atoms in total. The number of anilines is 1.